The third-order valence-electron chi connectivity index (χ3n) is 3.22. The summed E-state index contributed by atoms with van der Waals surface area (Å²) in [6.07, 6.45) is 3.73. The second-order valence-electron chi connectivity index (χ2n) is 4.86. The van der Waals surface area contributed by atoms with Gasteiger partial charge in [-0.05, 0) is 30.3 Å². The molecule has 0 radical (unpaired) electrons. The first-order chi connectivity index (χ1) is 10.6. The first-order valence-electron chi connectivity index (χ1n) is 6.79. The number of hydrogen-bond acceptors (Lipinski definition) is 2. The number of hydrogen-bond donors (Lipinski definition) is 1. The lowest BCUT2D eigenvalue weighted by Crippen LogP contribution is -2.25. The SMILES string of the molecule is O=C(NCCc1cn2cc(F)ccc2n1)c1cccc(Br)c1. The van der Waals surface area contributed by atoms with Gasteiger partial charge in [-0.25, -0.2) is 9.37 Å². The Hall–Kier alpha value is -2.21. The van der Waals surface area contributed by atoms with Crippen molar-refractivity contribution >= 4 is 27.5 Å². The number of imidazole rings is 1. The van der Waals surface area contributed by atoms with Gasteiger partial charge >= 0.3 is 0 Å². The van der Waals surface area contributed by atoms with Gasteiger partial charge in [0.1, 0.15) is 11.5 Å². The van der Waals surface area contributed by atoms with Crippen molar-refractivity contribution in [2.45, 2.75) is 6.42 Å². The van der Waals surface area contributed by atoms with Crippen LogP contribution in [0.5, 0.6) is 0 Å². The summed E-state index contributed by atoms with van der Waals surface area (Å²) >= 11 is 3.34. The standard InChI is InChI=1S/C16H13BrFN3O/c17-12-3-1-2-11(8-12)16(22)19-7-6-14-10-21-9-13(18)4-5-15(21)20-14/h1-5,8-10H,6-7H2,(H,19,22). The van der Waals surface area contributed by atoms with Crippen molar-refractivity contribution in [2.24, 2.45) is 0 Å². The van der Waals surface area contributed by atoms with Crippen LogP contribution in [0.2, 0.25) is 0 Å². The Morgan fingerprint density at radius 1 is 1.27 bits per heavy atom. The molecule has 2 aromatic heterocycles. The summed E-state index contributed by atoms with van der Waals surface area (Å²) in [6.45, 7) is 0.470. The van der Waals surface area contributed by atoms with E-state index in [0.29, 0.717) is 24.2 Å². The van der Waals surface area contributed by atoms with Gasteiger partial charge in [0.25, 0.3) is 5.91 Å². The van der Waals surface area contributed by atoms with Crippen LogP contribution in [0.3, 0.4) is 0 Å². The lowest BCUT2D eigenvalue weighted by atomic mass is 10.2. The summed E-state index contributed by atoms with van der Waals surface area (Å²) in [7, 11) is 0. The van der Waals surface area contributed by atoms with Gasteiger partial charge in [0.15, 0.2) is 0 Å². The lowest BCUT2D eigenvalue weighted by Gasteiger charge is -2.04. The number of nitrogens with one attached hydrogen (secondary N) is 1. The van der Waals surface area contributed by atoms with Gasteiger partial charge in [-0.2, -0.15) is 0 Å². The molecular formula is C16H13BrFN3O. The zero-order chi connectivity index (χ0) is 15.5. The summed E-state index contributed by atoms with van der Waals surface area (Å²) in [6, 6.07) is 10.2. The monoisotopic (exact) mass is 361 g/mol. The summed E-state index contributed by atoms with van der Waals surface area (Å²) in [4.78, 5) is 16.4. The molecular weight excluding hydrogens is 349 g/mol. The Balaban J connectivity index is 1.61. The number of aromatic nitrogens is 2. The van der Waals surface area contributed by atoms with Crippen molar-refractivity contribution in [3.05, 3.63) is 70.3 Å². The molecule has 3 aromatic rings. The minimum Gasteiger partial charge on any atom is -0.352 e. The van der Waals surface area contributed by atoms with Crippen LogP contribution in [0.15, 0.2) is 53.3 Å². The van der Waals surface area contributed by atoms with Crippen LogP contribution >= 0.6 is 15.9 Å². The summed E-state index contributed by atoms with van der Waals surface area (Å²) in [5.74, 6) is -0.435. The van der Waals surface area contributed by atoms with Gasteiger partial charge in [0.05, 0.1) is 5.69 Å². The minimum absolute atomic E-state index is 0.129. The van der Waals surface area contributed by atoms with Crippen LogP contribution in [0.4, 0.5) is 4.39 Å². The van der Waals surface area contributed by atoms with E-state index >= 15 is 0 Å². The Bertz CT molecular complexity index is 831. The van der Waals surface area contributed by atoms with E-state index < -0.39 is 0 Å². The summed E-state index contributed by atoms with van der Waals surface area (Å²) in [5, 5.41) is 2.85. The molecule has 4 nitrogen and oxygen atoms in total. The van der Waals surface area contributed by atoms with E-state index in [2.05, 4.69) is 26.2 Å². The van der Waals surface area contributed by atoms with Crippen LogP contribution < -0.4 is 5.32 Å². The molecule has 112 valence electrons. The Kier molecular flexibility index (Phi) is 4.20. The van der Waals surface area contributed by atoms with E-state index in [4.69, 9.17) is 0 Å². The number of rotatable bonds is 4. The molecule has 0 aliphatic carbocycles. The fourth-order valence-corrected chi connectivity index (χ4v) is 2.57. The number of benzene rings is 1. The van der Waals surface area contributed by atoms with Crippen molar-refractivity contribution in [1.29, 1.82) is 0 Å². The molecule has 1 amide bonds. The highest BCUT2D eigenvalue weighted by molar-refractivity contribution is 9.10. The van der Waals surface area contributed by atoms with E-state index in [-0.39, 0.29) is 11.7 Å². The zero-order valence-corrected chi connectivity index (χ0v) is 13.2. The number of halogens is 2. The number of carbonyl (C=O) groups is 1. The second-order valence-corrected chi connectivity index (χ2v) is 5.78. The number of carbonyl (C=O) groups excluding carboxylic acids is 1. The van der Waals surface area contributed by atoms with Gasteiger partial charge < -0.3 is 9.72 Å². The quantitative estimate of drug-likeness (QED) is 0.775. The smallest absolute Gasteiger partial charge is 0.251 e. The first-order valence-corrected chi connectivity index (χ1v) is 7.58. The van der Waals surface area contributed by atoms with Gasteiger partial charge in [0.2, 0.25) is 0 Å². The molecule has 1 aromatic carbocycles. The number of nitrogens with zero attached hydrogens (tertiary/aromatic N) is 2. The summed E-state index contributed by atoms with van der Waals surface area (Å²) in [5.41, 5.74) is 2.10. The Morgan fingerprint density at radius 3 is 2.95 bits per heavy atom. The zero-order valence-electron chi connectivity index (χ0n) is 11.6. The van der Waals surface area contributed by atoms with E-state index in [1.165, 1.54) is 12.3 Å². The van der Waals surface area contributed by atoms with E-state index in [0.717, 1.165) is 10.2 Å². The molecule has 0 saturated heterocycles. The third kappa shape index (κ3) is 3.33. The largest absolute Gasteiger partial charge is 0.352 e. The molecule has 1 N–H and O–H groups in total. The maximum Gasteiger partial charge on any atom is 0.251 e. The molecule has 0 bridgehead atoms. The van der Waals surface area contributed by atoms with Crippen LogP contribution in [0.25, 0.3) is 5.65 Å². The first kappa shape index (κ1) is 14.7. The van der Waals surface area contributed by atoms with E-state index in [1.807, 2.05) is 12.1 Å². The predicted molar refractivity (Wildman–Crippen MR) is 85.3 cm³/mol. The minimum atomic E-state index is -0.306. The third-order valence-corrected chi connectivity index (χ3v) is 3.71. The fourth-order valence-electron chi connectivity index (χ4n) is 2.17. The van der Waals surface area contributed by atoms with E-state index in [9.17, 15) is 9.18 Å². The van der Waals surface area contributed by atoms with E-state index in [1.54, 1.807) is 28.8 Å². The number of fused-ring (bicyclic) bond motifs is 1. The van der Waals surface area contributed by atoms with Crippen molar-refractivity contribution in [1.82, 2.24) is 14.7 Å². The van der Waals surface area contributed by atoms with Crippen LogP contribution in [-0.2, 0) is 6.42 Å². The second kappa shape index (κ2) is 6.27. The summed E-state index contributed by atoms with van der Waals surface area (Å²) < 4.78 is 15.6. The maximum atomic E-state index is 13.1. The molecule has 22 heavy (non-hydrogen) atoms. The number of amides is 1. The van der Waals surface area contributed by atoms with Crippen LogP contribution in [0, 0.1) is 5.82 Å². The van der Waals surface area contributed by atoms with Crippen molar-refractivity contribution < 1.29 is 9.18 Å². The molecule has 0 aliphatic heterocycles. The molecule has 0 atom stereocenters. The maximum absolute atomic E-state index is 13.1. The number of pyridine rings is 1. The Labute approximate surface area is 135 Å². The van der Waals surface area contributed by atoms with Crippen LogP contribution in [-0.4, -0.2) is 21.8 Å². The normalized spacial score (nSPS) is 10.8. The van der Waals surface area contributed by atoms with Gasteiger partial charge in [-0.3, -0.25) is 4.79 Å². The molecule has 0 saturated carbocycles. The molecule has 0 fully saturated rings. The van der Waals surface area contributed by atoms with Gasteiger partial charge in [-0.1, -0.05) is 22.0 Å². The van der Waals surface area contributed by atoms with Crippen molar-refractivity contribution in [3.8, 4) is 0 Å². The predicted octanol–water partition coefficient (Wildman–Crippen LogP) is 3.21. The fraction of sp³-hybridized carbons (Fsp3) is 0.125. The average Bonchev–Trinajstić information content (AvgIpc) is 2.89. The Morgan fingerprint density at radius 2 is 2.14 bits per heavy atom. The van der Waals surface area contributed by atoms with Gasteiger partial charge in [-0.15, -0.1) is 0 Å². The molecule has 6 heteroatoms. The van der Waals surface area contributed by atoms with Gasteiger partial charge in [0, 0.05) is 35.4 Å². The molecule has 0 aliphatic rings. The highest BCUT2D eigenvalue weighted by atomic mass is 79.9. The molecule has 0 unspecified atom stereocenters. The van der Waals surface area contributed by atoms with Crippen molar-refractivity contribution in [3.63, 3.8) is 0 Å². The highest BCUT2D eigenvalue weighted by Gasteiger charge is 2.06. The molecule has 0 spiro atoms. The average molecular weight is 362 g/mol. The molecule has 2 heterocycles. The molecule has 3 rings (SSSR count). The lowest BCUT2D eigenvalue weighted by molar-refractivity contribution is 0.0954. The highest BCUT2D eigenvalue weighted by Crippen LogP contribution is 2.11. The van der Waals surface area contributed by atoms with Crippen molar-refractivity contribution in [2.75, 3.05) is 6.54 Å². The topological polar surface area (TPSA) is 46.4 Å². The van der Waals surface area contributed by atoms with Crippen LogP contribution in [0.1, 0.15) is 16.1 Å².